The minimum absolute atomic E-state index is 0.0345. The van der Waals surface area contributed by atoms with Gasteiger partial charge in [-0.25, -0.2) is 9.80 Å². The van der Waals surface area contributed by atoms with Gasteiger partial charge in [-0.3, -0.25) is 4.90 Å². The van der Waals surface area contributed by atoms with Gasteiger partial charge < -0.3 is 5.73 Å². The second kappa shape index (κ2) is 7.90. The first-order chi connectivity index (χ1) is 14.0. The first-order valence-electron chi connectivity index (χ1n) is 10.6. The van der Waals surface area contributed by atoms with Crippen LogP contribution in [0.2, 0.25) is 0 Å². The van der Waals surface area contributed by atoms with Crippen LogP contribution in [0.3, 0.4) is 0 Å². The molecule has 5 heteroatoms. The van der Waals surface area contributed by atoms with Crippen molar-refractivity contribution in [3.63, 3.8) is 0 Å². The number of nitrogens with zero attached hydrogens (tertiary/aromatic N) is 3. The first kappa shape index (κ1) is 19.5. The number of benzene rings is 2. The zero-order valence-corrected chi connectivity index (χ0v) is 17.6. The Hall–Kier alpha value is -2.82. The average Bonchev–Trinajstić information content (AvgIpc) is 2.83. The SMILES string of the molecule is Cc1ccc2c(c1)N(c1ccc(N)cc1)C(=O)N(C(C)C)N=C2C1CCCCC1. The molecule has 0 saturated heterocycles. The fourth-order valence-electron chi connectivity index (χ4n) is 4.35. The van der Waals surface area contributed by atoms with Crippen LogP contribution in [-0.2, 0) is 0 Å². The van der Waals surface area contributed by atoms with E-state index in [1.165, 1.54) is 19.3 Å². The number of hydrogen-bond acceptors (Lipinski definition) is 3. The predicted octanol–water partition coefficient (Wildman–Crippen LogP) is 5.84. The van der Waals surface area contributed by atoms with Crippen LogP contribution in [-0.4, -0.2) is 22.8 Å². The van der Waals surface area contributed by atoms with E-state index >= 15 is 0 Å². The van der Waals surface area contributed by atoms with E-state index in [9.17, 15) is 4.79 Å². The monoisotopic (exact) mass is 390 g/mol. The van der Waals surface area contributed by atoms with E-state index in [1.54, 1.807) is 9.91 Å². The molecule has 1 aliphatic heterocycles. The maximum absolute atomic E-state index is 13.7. The van der Waals surface area contributed by atoms with Crippen molar-refractivity contribution in [1.29, 1.82) is 0 Å². The molecule has 0 radical (unpaired) electrons. The number of amides is 2. The highest BCUT2D eigenvalue weighted by Gasteiger charge is 2.35. The van der Waals surface area contributed by atoms with Gasteiger partial charge in [-0.05, 0) is 69.5 Å². The van der Waals surface area contributed by atoms with Crippen LogP contribution < -0.4 is 10.6 Å². The number of nitrogens with two attached hydrogens (primary N) is 1. The minimum atomic E-state index is -0.123. The molecule has 2 aliphatic rings. The van der Waals surface area contributed by atoms with Gasteiger partial charge in [0.2, 0.25) is 0 Å². The van der Waals surface area contributed by atoms with Gasteiger partial charge in [0.1, 0.15) is 0 Å². The van der Waals surface area contributed by atoms with Crippen molar-refractivity contribution in [3.8, 4) is 0 Å². The highest BCUT2D eigenvalue weighted by molar-refractivity contribution is 6.14. The lowest BCUT2D eigenvalue weighted by molar-refractivity contribution is 0.195. The number of rotatable bonds is 3. The Kier molecular flexibility index (Phi) is 5.31. The first-order valence-corrected chi connectivity index (χ1v) is 10.6. The molecule has 0 spiro atoms. The fourth-order valence-corrected chi connectivity index (χ4v) is 4.35. The van der Waals surface area contributed by atoms with Crippen molar-refractivity contribution in [2.24, 2.45) is 11.0 Å². The van der Waals surface area contributed by atoms with Gasteiger partial charge in [0.25, 0.3) is 0 Å². The van der Waals surface area contributed by atoms with Crippen LogP contribution in [0.5, 0.6) is 0 Å². The molecule has 2 aromatic carbocycles. The predicted molar refractivity (Wildman–Crippen MR) is 120 cm³/mol. The van der Waals surface area contributed by atoms with E-state index in [0.717, 1.165) is 41.1 Å². The summed E-state index contributed by atoms with van der Waals surface area (Å²) in [6, 6.07) is 13.7. The topological polar surface area (TPSA) is 61.9 Å². The lowest BCUT2D eigenvalue weighted by Gasteiger charge is -2.28. The summed E-state index contributed by atoms with van der Waals surface area (Å²) in [7, 11) is 0. The molecule has 1 saturated carbocycles. The lowest BCUT2D eigenvalue weighted by Crippen LogP contribution is -2.41. The third-order valence-corrected chi connectivity index (χ3v) is 5.91. The molecule has 1 fully saturated rings. The standard InChI is InChI=1S/C24H30N4O/c1-16(2)28-24(29)27(20-12-10-19(25)11-13-20)22-15-17(3)9-14-21(22)23(26-28)18-7-5-4-6-8-18/h9-16,18H,4-8,25H2,1-3H3. The van der Waals surface area contributed by atoms with Crippen LogP contribution in [0, 0.1) is 12.8 Å². The smallest absolute Gasteiger partial charge is 0.349 e. The summed E-state index contributed by atoms with van der Waals surface area (Å²) in [6.45, 7) is 6.10. The van der Waals surface area contributed by atoms with Gasteiger partial charge in [0.05, 0.1) is 23.1 Å². The summed E-state index contributed by atoms with van der Waals surface area (Å²) < 4.78 is 0. The van der Waals surface area contributed by atoms with Crippen LogP contribution in [0.1, 0.15) is 57.1 Å². The van der Waals surface area contributed by atoms with Crippen molar-refractivity contribution in [2.45, 2.75) is 58.9 Å². The van der Waals surface area contributed by atoms with E-state index < -0.39 is 0 Å². The van der Waals surface area contributed by atoms with Crippen molar-refractivity contribution in [1.82, 2.24) is 5.01 Å². The Morgan fingerprint density at radius 2 is 1.72 bits per heavy atom. The van der Waals surface area contributed by atoms with Crippen LogP contribution in [0.15, 0.2) is 47.6 Å². The molecular formula is C24H30N4O. The molecule has 2 N–H and O–H groups in total. The quantitative estimate of drug-likeness (QED) is 0.669. The number of carbonyl (C=O) groups is 1. The molecule has 5 nitrogen and oxygen atoms in total. The summed E-state index contributed by atoms with van der Waals surface area (Å²) in [6.07, 6.45) is 6.00. The molecule has 0 aromatic heterocycles. The maximum atomic E-state index is 13.7. The molecule has 1 heterocycles. The zero-order valence-electron chi connectivity index (χ0n) is 17.6. The van der Waals surface area contributed by atoms with Crippen molar-refractivity contribution < 1.29 is 4.79 Å². The molecule has 0 atom stereocenters. The Labute approximate surface area is 173 Å². The van der Waals surface area contributed by atoms with Crippen LogP contribution in [0.4, 0.5) is 21.9 Å². The molecule has 0 unspecified atom stereocenters. The second-order valence-electron chi connectivity index (χ2n) is 8.49. The Morgan fingerprint density at radius 1 is 1.03 bits per heavy atom. The maximum Gasteiger partial charge on any atom is 0.349 e. The van der Waals surface area contributed by atoms with E-state index in [0.29, 0.717) is 11.6 Å². The highest BCUT2D eigenvalue weighted by Crippen LogP contribution is 2.38. The van der Waals surface area contributed by atoms with Gasteiger partial charge >= 0.3 is 6.03 Å². The number of hydrogen-bond donors (Lipinski definition) is 1. The van der Waals surface area contributed by atoms with E-state index in [1.807, 2.05) is 38.1 Å². The van der Waals surface area contributed by atoms with Gasteiger partial charge in [-0.1, -0.05) is 31.4 Å². The Bertz CT molecular complexity index is 926. The third kappa shape index (κ3) is 3.74. The van der Waals surface area contributed by atoms with E-state index in [2.05, 4.69) is 25.1 Å². The number of hydrazone groups is 1. The summed E-state index contributed by atoms with van der Waals surface area (Å²) in [5.74, 6) is 0.394. The van der Waals surface area contributed by atoms with Crippen molar-refractivity contribution in [3.05, 3.63) is 53.6 Å². The summed E-state index contributed by atoms with van der Waals surface area (Å²) in [4.78, 5) is 15.5. The molecule has 0 bridgehead atoms. The number of aryl methyl sites for hydroxylation is 1. The fraction of sp³-hybridized carbons (Fsp3) is 0.417. The molecule has 4 rings (SSSR count). The number of nitrogen functional groups attached to an aromatic ring is 1. The average molecular weight is 391 g/mol. The van der Waals surface area contributed by atoms with Gasteiger partial charge in [-0.2, -0.15) is 5.10 Å². The van der Waals surface area contributed by atoms with Crippen LogP contribution >= 0.6 is 0 Å². The Morgan fingerprint density at radius 3 is 2.38 bits per heavy atom. The summed E-state index contributed by atoms with van der Waals surface area (Å²) >= 11 is 0. The van der Waals surface area contributed by atoms with Gasteiger partial charge in [-0.15, -0.1) is 0 Å². The molecule has 1 aliphatic carbocycles. The molecule has 152 valence electrons. The second-order valence-corrected chi connectivity index (χ2v) is 8.49. The molecule has 2 amide bonds. The van der Waals surface area contributed by atoms with E-state index in [-0.39, 0.29) is 12.1 Å². The third-order valence-electron chi connectivity index (χ3n) is 5.91. The summed E-state index contributed by atoms with van der Waals surface area (Å²) in [5.41, 5.74) is 11.5. The minimum Gasteiger partial charge on any atom is -0.399 e. The molecular weight excluding hydrogens is 360 g/mol. The molecule has 2 aromatic rings. The molecule has 29 heavy (non-hydrogen) atoms. The van der Waals surface area contributed by atoms with Crippen LogP contribution in [0.25, 0.3) is 0 Å². The van der Waals surface area contributed by atoms with Crippen molar-refractivity contribution in [2.75, 3.05) is 10.6 Å². The highest BCUT2D eigenvalue weighted by atomic mass is 16.2. The largest absolute Gasteiger partial charge is 0.399 e. The zero-order chi connectivity index (χ0) is 20.5. The number of fused-ring (bicyclic) bond motifs is 1. The normalized spacial score (nSPS) is 17.9. The van der Waals surface area contributed by atoms with Gasteiger partial charge in [0.15, 0.2) is 0 Å². The van der Waals surface area contributed by atoms with Gasteiger partial charge in [0, 0.05) is 17.2 Å². The summed E-state index contributed by atoms with van der Waals surface area (Å²) in [5, 5.41) is 6.63. The van der Waals surface area contributed by atoms with Crippen molar-refractivity contribution >= 4 is 28.8 Å². The number of carbonyl (C=O) groups excluding carboxylic acids is 1. The number of urea groups is 1. The lowest BCUT2D eigenvalue weighted by atomic mass is 9.82. The van der Waals surface area contributed by atoms with E-state index in [4.69, 9.17) is 10.8 Å². The number of anilines is 3. The Balaban J connectivity index is 1.92.